The van der Waals surface area contributed by atoms with Gasteiger partial charge in [0.25, 0.3) is 0 Å². The molecule has 0 aromatic carbocycles. The first-order valence-electron chi connectivity index (χ1n) is 4.37. The van der Waals surface area contributed by atoms with Crippen LogP contribution in [0.1, 0.15) is 19.3 Å². The zero-order valence-corrected chi connectivity index (χ0v) is 7.16. The van der Waals surface area contributed by atoms with E-state index in [2.05, 4.69) is 4.90 Å². The van der Waals surface area contributed by atoms with E-state index in [0.717, 1.165) is 5.92 Å². The summed E-state index contributed by atoms with van der Waals surface area (Å²) < 4.78 is 0. The third-order valence-corrected chi connectivity index (χ3v) is 2.61. The topological polar surface area (TPSA) is 50.8 Å². The molecule has 3 heteroatoms. The molecule has 0 aromatic rings. The molecule has 3 heterocycles. The van der Waals surface area contributed by atoms with Gasteiger partial charge in [0.05, 0.1) is 0 Å². The monoisotopic (exact) mass is 163 g/mol. The molecule has 3 aliphatic heterocycles. The molecule has 3 aliphatic rings. The standard InChI is InChI=1S/C7H13N.C2N2/c1-4-8-5-2-7(1)3-6-8;3-1-2-4/h7H,1-6H2;. The highest BCUT2D eigenvalue weighted by Gasteiger charge is 2.24. The lowest BCUT2D eigenvalue weighted by Crippen LogP contribution is -2.41. The zero-order chi connectivity index (χ0) is 8.81. The first kappa shape index (κ1) is 9.03. The minimum absolute atomic E-state index is 1.11. The summed E-state index contributed by atoms with van der Waals surface area (Å²) in [4.78, 5) is 2.58. The summed E-state index contributed by atoms with van der Waals surface area (Å²) in [6, 6.07) is 2.47. The molecule has 2 bridgehead atoms. The molecule has 64 valence electrons. The highest BCUT2D eigenvalue weighted by atomic mass is 15.1. The second-order valence-corrected chi connectivity index (χ2v) is 3.30. The lowest BCUT2D eigenvalue weighted by molar-refractivity contribution is 0.111. The van der Waals surface area contributed by atoms with Gasteiger partial charge < -0.3 is 4.90 Å². The van der Waals surface area contributed by atoms with Crippen LogP contribution in [0.25, 0.3) is 0 Å². The fourth-order valence-electron chi connectivity index (χ4n) is 1.86. The minimum atomic E-state index is 1.11. The number of nitrogens with zero attached hydrogens (tertiary/aromatic N) is 3. The van der Waals surface area contributed by atoms with Gasteiger partial charge in [0.2, 0.25) is 0 Å². The van der Waals surface area contributed by atoms with Crippen LogP contribution in [0.15, 0.2) is 0 Å². The quantitative estimate of drug-likeness (QED) is 0.538. The van der Waals surface area contributed by atoms with Crippen molar-refractivity contribution in [2.45, 2.75) is 19.3 Å². The van der Waals surface area contributed by atoms with Gasteiger partial charge in [0.15, 0.2) is 12.1 Å². The largest absolute Gasteiger partial charge is 0.303 e. The van der Waals surface area contributed by atoms with E-state index in [4.69, 9.17) is 10.5 Å². The average Bonchev–Trinajstić information content (AvgIpc) is 2.21. The summed E-state index contributed by atoms with van der Waals surface area (Å²) in [5.41, 5.74) is 0. The molecule has 0 amide bonds. The van der Waals surface area contributed by atoms with E-state index in [1.165, 1.54) is 51.0 Å². The fourth-order valence-corrected chi connectivity index (χ4v) is 1.86. The van der Waals surface area contributed by atoms with E-state index >= 15 is 0 Å². The smallest absolute Gasteiger partial charge is 0.181 e. The van der Waals surface area contributed by atoms with Crippen molar-refractivity contribution >= 4 is 0 Å². The van der Waals surface area contributed by atoms with E-state index in [1.54, 1.807) is 0 Å². The Morgan fingerprint density at radius 2 is 1.33 bits per heavy atom. The lowest BCUT2D eigenvalue weighted by atomic mass is 9.89. The van der Waals surface area contributed by atoms with Gasteiger partial charge in [-0.3, -0.25) is 0 Å². The van der Waals surface area contributed by atoms with E-state index in [0.29, 0.717) is 0 Å². The normalized spacial score (nSPS) is 30.8. The third-order valence-electron chi connectivity index (χ3n) is 2.61. The molecule has 0 aliphatic carbocycles. The van der Waals surface area contributed by atoms with Crippen molar-refractivity contribution in [3.63, 3.8) is 0 Å². The lowest BCUT2D eigenvalue weighted by Gasteiger charge is -2.38. The van der Waals surface area contributed by atoms with Crippen molar-refractivity contribution in [2.75, 3.05) is 19.6 Å². The van der Waals surface area contributed by atoms with Crippen molar-refractivity contribution < 1.29 is 0 Å². The number of rotatable bonds is 0. The molecular formula is C9H13N3. The Bertz CT molecular complexity index is 168. The fraction of sp³-hybridized carbons (Fsp3) is 0.778. The van der Waals surface area contributed by atoms with Gasteiger partial charge in [0.1, 0.15) is 0 Å². The summed E-state index contributed by atoms with van der Waals surface area (Å²) in [5.74, 6) is 1.11. The molecule has 3 fully saturated rings. The first-order valence-corrected chi connectivity index (χ1v) is 4.37. The number of nitriles is 2. The van der Waals surface area contributed by atoms with Crippen molar-refractivity contribution in [3.8, 4) is 12.1 Å². The molecule has 3 nitrogen and oxygen atoms in total. The number of piperidine rings is 3. The summed E-state index contributed by atoms with van der Waals surface area (Å²) in [5, 5.41) is 14.5. The Labute approximate surface area is 73.2 Å². The van der Waals surface area contributed by atoms with Crippen LogP contribution >= 0.6 is 0 Å². The number of fused-ring (bicyclic) bond motifs is 3. The predicted octanol–water partition coefficient (Wildman–Crippen LogP) is 1.14. The summed E-state index contributed by atoms with van der Waals surface area (Å²) in [6.07, 6.45) is 4.46. The maximum Gasteiger partial charge on any atom is 0.181 e. The SMILES string of the molecule is C1CN2CCC1CC2.N#CC#N. The maximum absolute atomic E-state index is 7.26. The van der Waals surface area contributed by atoms with Gasteiger partial charge in [-0.05, 0) is 44.8 Å². The number of hydrogen-bond acceptors (Lipinski definition) is 3. The Balaban J connectivity index is 0.000000157. The van der Waals surface area contributed by atoms with Crippen LogP contribution in [0, 0.1) is 28.6 Å². The maximum atomic E-state index is 7.26. The van der Waals surface area contributed by atoms with Crippen LogP contribution in [0.3, 0.4) is 0 Å². The molecule has 0 aromatic heterocycles. The second kappa shape index (κ2) is 4.74. The molecule has 0 atom stereocenters. The Morgan fingerprint density at radius 3 is 1.42 bits per heavy atom. The Morgan fingerprint density at radius 1 is 0.917 bits per heavy atom. The van der Waals surface area contributed by atoms with Crippen LogP contribution in [0.2, 0.25) is 0 Å². The van der Waals surface area contributed by atoms with E-state index in [1.807, 2.05) is 0 Å². The van der Waals surface area contributed by atoms with E-state index in [-0.39, 0.29) is 0 Å². The zero-order valence-electron chi connectivity index (χ0n) is 7.16. The van der Waals surface area contributed by atoms with Gasteiger partial charge in [-0.2, -0.15) is 10.5 Å². The predicted molar refractivity (Wildman–Crippen MR) is 45.0 cm³/mol. The summed E-state index contributed by atoms with van der Waals surface area (Å²) >= 11 is 0. The highest BCUT2D eigenvalue weighted by molar-refractivity contribution is 4.99. The molecule has 3 saturated heterocycles. The van der Waals surface area contributed by atoms with Crippen LogP contribution in [-0.4, -0.2) is 24.5 Å². The van der Waals surface area contributed by atoms with E-state index < -0.39 is 0 Å². The summed E-state index contributed by atoms with van der Waals surface area (Å²) in [6.45, 7) is 4.18. The van der Waals surface area contributed by atoms with Crippen LogP contribution in [-0.2, 0) is 0 Å². The van der Waals surface area contributed by atoms with Crippen molar-refractivity contribution in [3.05, 3.63) is 0 Å². The molecule has 0 unspecified atom stereocenters. The van der Waals surface area contributed by atoms with Crippen LogP contribution in [0.4, 0.5) is 0 Å². The van der Waals surface area contributed by atoms with Crippen LogP contribution in [0.5, 0.6) is 0 Å². The summed E-state index contributed by atoms with van der Waals surface area (Å²) in [7, 11) is 0. The average molecular weight is 163 g/mol. The Hall–Kier alpha value is -1.06. The first-order chi connectivity index (χ1) is 5.86. The molecule has 0 N–H and O–H groups in total. The molecule has 3 rings (SSSR count). The van der Waals surface area contributed by atoms with E-state index in [9.17, 15) is 0 Å². The number of hydrogen-bond donors (Lipinski definition) is 0. The highest BCUT2D eigenvalue weighted by Crippen LogP contribution is 2.26. The van der Waals surface area contributed by atoms with Gasteiger partial charge in [-0.15, -0.1) is 0 Å². The molecular weight excluding hydrogens is 150 g/mol. The van der Waals surface area contributed by atoms with Gasteiger partial charge in [-0.1, -0.05) is 0 Å². The van der Waals surface area contributed by atoms with Crippen LogP contribution < -0.4 is 0 Å². The minimum Gasteiger partial charge on any atom is -0.303 e. The van der Waals surface area contributed by atoms with Gasteiger partial charge in [-0.25, -0.2) is 0 Å². The van der Waals surface area contributed by atoms with Gasteiger partial charge >= 0.3 is 0 Å². The van der Waals surface area contributed by atoms with Crippen molar-refractivity contribution in [1.29, 1.82) is 10.5 Å². The third kappa shape index (κ3) is 2.53. The van der Waals surface area contributed by atoms with Gasteiger partial charge in [0, 0.05) is 0 Å². The van der Waals surface area contributed by atoms with Crippen molar-refractivity contribution in [1.82, 2.24) is 4.90 Å². The molecule has 0 spiro atoms. The molecule has 0 radical (unpaired) electrons. The molecule has 0 saturated carbocycles. The second-order valence-electron chi connectivity index (χ2n) is 3.30. The van der Waals surface area contributed by atoms with Crippen molar-refractivity contribution in [2.24, 2.45) is 5.92 Å². The Kier molecular flexibility index (Phi) is 3.57. The molecule has 12 heavy (non-hydrogen) atoms.